The molecule has 0 saturated carbocycles. The minimum atomic E-state index is -0.979. The number of ether oxygens (including phenoxy) is 1. The Morgan fingerprint density at radius 1 is 1.43 bits per heavy atom. The molecule has 0 aliphatic heterocycles. The fourth-order valence-electron chi connectivity index (χ4n) is 0.871. The van der Waals surface area contributed by atoms with Gasteiger partial charge in [0.2, 0.25) is 0 Å². The van der Waals surface area contributed by atoms with Gasteiger partial charge in [-0.1, -0.05) is 0 Å². The predicted molar refractivity (Wildman–Crippen MR) is 43.7 cm³/mol. The maximum Gasteiger partial charge on any atom is 0.341 e. The summed E-state index contributed by atoms with van der Waals surface area (Å²) < 4.78 is 29.8. The number of halogens is 2. The van der Waals surface area contributed by atoms with Crippen molar-refractivity contribution in [3.63, 3.8) is 0 Å². The number of esters is 1. The van der Waals surface area contributed by atoms with Gasteiger partial charge in [0.05, 0.1) is 12.2 Å². The molecule has 5 heteroatoms. The van der Waals surface area contributed by atoms with E-state index in [4.69, 9.17) is 5.11 Å². The third kappa shape index (κ3) is 2.50. The van der Waals surface area contributed by atoms with Crippen LogP contribution in [-0.4, -0.2) is 24.3 Å². The molecule has 76 valence electrons. The van der Waals surface area contributed by atoms with Gasteiger partial charge in [-0.2, -0.15) is 0 Å². The fraction of sp³-hybridized carbons (Fsp3) is 0.222. The number of carbonyl (C=O) groups is 1. The van der Waals surface area contributed by atoms with E-state index in [-0.39, 0.29) is 18.8 Å². The largest absolute Gasteiger partial charge is 0.460 e. The lowest BCUT2D eigenvalue weighted by molar-refractivity contribution is 0.0428. The summed E-state index contributed by atoms with van der Waals surface area (Å²) >= 11 is 0. The summed E-state index contributed by atoms with van der Waals surface area (Å²) in [5, 5.41) is 8.34. The Kier molecular flexibility index (Phi) is 3.53. The molecule has 1 aromatic rings. The maximum atomic E-state index is 12.9. The topological polar surface area (TPSA) is 46.5 Å². The molecule has 0 aliphatic rings. The molecule has 0 spiro atoms. The van der Waals surface area contributed by atoms with Crippen molar-refractivity contribution < 1.29 is 23.4 Å². The van der Waals surface area contributed by atoms with E-state index in [0.29, 0.717) is 6.07 Å². The van der Waals surface area contributed by atoms with E-state index >= 15 is 0 Å². The highest BCUT2D eigenvalue weighted by Crippen LogP contribution is 2.10. The highest BCUT2D eigenvalue weighted by Gasteiger charge is 2.13. The van der Waals surface area contributed by atoms with Gasteiger partial charge in [0.1, 0.15) is 18.2 Å². The number of carbonyl (C=O) groups excluding carboxylic acids is 1. The molecule has 0 aliphatic carbocycles. The van der Waals surface area contributed by atoms with Crippen molar-refractivity contribution >= 4 is 5.97 Å². The van der Waals surface area contributed by atoms with E-state index < -0.39 is 17.6 Å². The minimum absolute atomic E-state index is 0.213. The second-order valence-corrected chi connectivity index (χ2v) is 2.48. The van der Waals surface area contributed by atoms with Crippen LogP contribution in [-0.2, 0) is 4.74 Å². The van der Waals surface area contributed by atoms with Crippen LogP contribution in [0.15, 0.2) is 18.2 Å². The Labute approximate surface area is 78.9 Å². The molecule has 0 amide bonds. The van der Waals surface area contributed by atoms with E-state index in [1.165, 1.54) is 0 Å². The molecule has 14 heavy (non-hydrogen) atoms. The van der Waals surface area contributed by atoms with E-state index in [9.17, 15) is 13.6 Å². The number of rotatable bonds is 3. The summed E-state index contributed by atoms with van der Waals surface area (Å²) in [4.78, 5) is 11.0. The highest BCUT2D eigenvalue weighted by atomic mass is 19.1. The summed E-state index contributed by atoms with van der Waals surface area (Å²) in [6, 6.07) is 2.54. The van der Waals surface area contributed by atoms with Gasteiger partial charge in [0, 0.05) is 6.07 Å². The summed E-state index contributed by atoms with van der Waals surface area (Å²) in [5.41, 5.74) is -0.347. The second-order valence-electron chi connectivity index (χ2n) is 2.48. The van der Waals surface area contributed by atoms with Crippen molar-refractivity contribution in [2.75, 3.05) is 13.2 Å². The average molecular weight is 202 g/mol. The monoisotopic (exact) mass is 202 g/mol. The summed E-state index contributed by atoms with van der Waals surface area (Å²) in [7, 11) is 0. The first-order chi connectivity index (χ1) is 6.65. The number of aliphatic hydroxyl groups excluding tert-OH is 1. The molecule has 0 fully saturated rings. The zero-order valence-corrected chi connectivity index (χ0v) is 7.17. The van der Waals surface area contributed by atoms with Gasteiger partial charge in [-0.3, -0.25) is 0 Å². The first kappa shape index (κ1) is 10.6. The number of benzene rings is 1. The molecular weight excluding hydrogens is 194 g/mol. The van der Waals surface area contributed by atoms with E-state index in [1.807, 2.05) is 0 Å². The lowest BCUT2D eigenvalue weighted by Crippen LogP contribution is -2.10. The van der Waals surface area contributed by atoms with Gasteiger partial charge in [0.15, 0.2) is 0 Å². The number of hydrogen-bond acceptors (Lipinski definition) is 3. The molecule has 0 aromatic heterocycles. The van der Waals surface area contributed by atoms with Gasteiger partial charge < -0.3 is 9.84 Å². The Hall–Kier alpha value is -1.49. The quantitative estimate of drug-likeness (QED) is 0.747. The average Bonchev–Trinajstić information content (AvgIpc) is 2.14. The van der Waals surface area contributed by atoms with Crippen LogP contribution in [0, 0.1) is 11.6 Å². The Morgan fingerprint density at radius 3 is 2.71 bits per heavy atom. The van der Waals surface area contributed by atoms with Crippen LogP contribution < -0.4 is 0 Å². The summed E-state index contributed by atoms with van der Waals surface area (Å²) in [6.07, 6.45) is 0. The molecule has 3 nitrogen and oxygen atoms in total. The van der Waals surface area contributed by atoms with Crippen LogP contribution in [0.2, 0.25) is 0 Å². The summed E-state index contributed by atoms with van der Waals surface area (Å²) in [5.74, 6) is -2.66. The highest BCUT2D eigenvalue weighted by molar-refractivity contribution is 5.89. The number of hydrogen-bond donors (Lipinski definition) is 1. The van der Waals surface area contributed by atoms with Crippen LogP contribution in [0.1, 0.15) is 10.4 Å². The lowest BCUT2D eigenvalue weighted by atomic mass is 10.2. The van der Waals surface area contributed by atoms with Crippen molar-refractivity contribution in [2.24, 2.45) is 0 Å². The standard InChI is InChI=1S/C9H8F2O3/c10-6-1-2-7(8(11)5-6)9(13)14-4-3-12/h1-2,5,12H,3-4H2. The zero-order chi connectivity index (χ0) is 10.6. The van der Waals surface area contributed by atoms with E-state index in [0.717, 1.165) is 12.1 Å². The van der Waals surface area contributed by atoms with Crippen LogP contribution in [0.5, 0.6) is 0 Å². The minimum Gasteiger partial charge on any atom is -0.460 e. The molecule has 0 saturated heterocycles. The van der Waals surface area contributed by atoms with Gasteiger partial charge in [-0.25, -0.2) is 13.6 Å². The molecule has 0 radical (unpaired) electrons. The Morgan fingerprint density at radius 2 is 2.14 bits per heavy atom. The molecule has 1 N–H and O–H groups in total. The molecule has 0 unspecified atom stereocenters. The van der Waals surface area contributed by atoms with Gasteiger partial charge in [-0.15, -0.1) is 0 Å². The van der Waals surface area contributed by atoms with Crippen LogP contribution >= 0.6 is 0 Å². The maximum absolute atomic E-state index is 12.9. The predicted octanol–water partition coefficient (Wildman–Crippen LogP) is 1.11. The van der Waals surface area contributed by atoms with E-state index in [2.05, 4.69) is 4.74 Å². The van der Waals surface area contributed by atoms with Crippen LogP contribution in [0.3, 0.4) is 0 Å². The first-order valence-corrected chi connectivity index (χ1v) is 3.88. The Bertz CT molecular complexity index is 339. The first-order valence-electron chi connectivity index (χ1n) is 3.88. The second kappa shape index (κ2) is 4.66. The SMILES string of the molecule is O=C(OCCO)c1ccc(F)cc1F. The van der Waals surface area contributed by atoms with Crippen molar-refractivity contribution in [1.29, 1.82) is 0 Å². The molecule has 1 aromatic carbocycles. The van der Waals surface area contributed by atoms with Crippen LogP contribution in [0.4, 0.5) is 8.78 Å². The molecular formula is C9H8F2O3. The van der Waals surface area contributed by atoms with Crippen molar-refractivity contribution in [2.45, 2.75) is 0 Å². The van der Waals surface area contributed by atoms with Gasteiger partial charge in [0.25, 0.3) is 0 Å². The zero-order valence-electron chi connectivity index (χ0n) is 7.17. The van der Waals surface area contributed by atoms with Crippen LogP contribution in [0.25, 0.3) is 0 Å². The molecule has 0 bridgehead atoms. The smallest absolute Gasteiger partial charge is 0.341 e. The third-order valence-corrected chi connectivity index (χ3v) is 1.48. The molecule has 0 heterocycles. The van der Waals surface area contributed by atoms with Crippen molar-refractivity contribution in [3.8, 4) is 0 Å². The lowest BCUT2D eigenvalue weighted by Gasteiger charge is -2.03. The van der Waals surface area contributed by atoms with Crippen molar-refractivity contribution in [3.05, 3.63) is 35.4 Å². The van der Waals surface area contributed by atoms with Gasteiger partial charge >= 0.3 is 5.97 Å². The number of aliphatic hydroxyl groups is 1. The molecule has 0 atom stereocenters. The Balaban J connectivity index is 2.80. The fourth-order valence-corrected chi connectivity index (χ4v) is 0.871. The third-order valence-electron chi connectivity index (χ3n) is 1.48. The molecule has 1 rings (SSSR count). The van der Waals surface area contributed by atoms with E-state index in [1.54, 1.807) is 0 Å². The van der Waals surface area contributed by atoms with Crippen molar-refractivity contribution in [1.82, 2.24) is 0 Å². The summed E-state index contributed by atoms with van der Waals surface area (Å²) in [6.45, 7) is -0.551. The van der Waals surface area contributed by atoms with Gasteiger partial charge in [-0.05, 0) is 12.1 Å². The normalized spacial score (nSPS) is 9.93.